The van der Waals surface area contributed by atoms with Crippen LogP contribution in [-0.2, 0) is 13.0 Å². The minimum absolute atomic E-state index is 0.0494. The summed E-state index contributed by atoms with van der Waals surface area (Å²) in [5.41, 5.74) is 1.41. The number of hydrogen-bond donors (Lipinski definition) is 2. The van der Waals surface area contributed by atoms with Crippen LogP contribution in [0, 0.1) is 5.82 Å². The highest BCUT2D eigenvalue weighted by molar-refractivity contribution is 5.42. The number of ether oxygens (including phenoxy) is 1. The van der Waals surface area contributed by atoms with Crippen LogP contribution in [0.1, 0.15) is 18.1 Å². The molecule has 0 aliphatic heterocycles. The summed E-state index contributed by atoms with van der Waals surface area (Å²) < 4.78 is 19.8. The average Bonchev–Trinajstić information content (AvgIpc) is 2.49. The lowest BCUT2D eigenvalue weighted by Gasteiger charge is -2.14. The van der Waals surface area contributed by atoms with Crippen LogP contribution in [0.5, 0.6) is 11.5 Å². The summed E-state index contributed by atoms with van der Waals surface area (Å²) in [5, 5.41) is 12.2. The van der Waals surface area contributed by atoms with Crippen molar-refractivity contribution in [2.75, 3.05) is 13.2 Å². The first-order valence-corrected chi connectivity index (χ1v) is 7.11. The molecular weight excluding hydrogens is 269 g/mol. The zero-order chi connectivity index (χ0) is 15.1. The van der Waals surface area contributed by atoms with E-state index in [-0.39, 0.29) is 12.4 Å². The van der Waals surface area contributed by atoms with E-state index in [4.69, 9.17) is 9.84 Å². The van der Waals surface area contributed by atoms with Crippen LogP contribution in [0.2, 0.25) is 0 Å². The topological polar surface area (TPSA) is 41.5 Å². The van der Waals surface area contributed by atoms with Gasteiger partial charge >= 0.3 is 0 Å². The molecule has 0 saturated heterocycles. The third kappa shape index (κ3) is 4.03. The van der Waals surface area contributed by atoms with Gasteiger partial charge in [-0.15, -0.1) is 0 Å². The molecular formula is C17H20FNO2. The minimum atomic E-state index is -0.284. The Labute approximate surface area is 124 Å². The predicted octanol–water partition coefficient (Wildman–Crippen LogP) is 3.26. The van der Waals surface area contributed by atoms with Gasteiger partial charge in [0, 0.05) is 18.7 Å². The molecule has 0 bridgehead atoms. The fourth-order valence-electron chi connectivity index (χ4n) is 2.10. The monoisotopic (exact) mass is 289 g/mol. The summed E-state index contributed by atoms with van der Waals surface area (Å²) in [6.07, 6.45) is 0.508. The van der Waals surface area contributed by atoms with E-state index in [9.17, 15) is 4.39 Å². The molecule has 0 spiro atoms. The third-order valence-corrected chi connectivity index (χ3v) is 3.20. The van der Waals surface area contributed by atoms with Crippen molar-refractivity contribution in [2.45, 2.75) is 19.9 Å². The van der Waals surface area contributed by atoms with Gasteiger partial charge in [-0.25, -0.2) is 4.39 Å². The van der Waals surface area contributed by atoms with Gasteiger partial charge in [-0.3, -0.25) is 0 Å². The maximum Gasteiger partial charge on any atom is 0.134 e. The van der Waals surface area contributed by atoms with E-state index < -0.39 is 0 Å². The van der Waals surface area contributed by atoms with Gasteiger partial charge in [0.25, 0.3) is 0 Å². The molecule has 2 N–H and O–H groups in total. The molecule has 2 aromatic carbocycles. The number of benzene rings is 2. The number of halogens is 1. The Hall–Kier alpha value is -1.91. The molecule has 0 amide bonds. The molecule has 0 heterocycles. The van der Waals surface area contributed by atoms with Gasteiger partial charge in [-0.2, -0.15) is 0 Å². The minimum Gasteiger partial charge on any atom is -0.457 e. The van der Waals surface area contributed by atoms with Crippen molar-refractivity contribution in [3.8, 4) is 11.5 Å². The smallest absolute Gasteiger partial charge is 0.134 e. The Morgan fingerprint density at radius 3 is 2.62 bits per heavy atom. The van der Waals surface area contributed by atoms with E-state index >= 15 is 0 Å². The van der Waals surface area contributed by atoms with E-state index in [1.165, 1.54) is 6.07 Å². The summed E-state index contributed by atoms with van der Waals surface area (Å²) in [6.45, 7) is 3.20. The maximum atomic E-state index is 14.0. The molecule has 0 aromatic heterocycles. The number of hydrogen-bond acceptors (Lipinski definition) is 3. The molecule has 0 atom stereocenters. The average molecular weight is 289 g/mol. The van der Waals surface area contributed by atoms with Crippen LogP contribution in [0.15, 0.2) is 42.5 Å². The van der Waals surface area contributed by atoms with Gasteiger partial charge in [0.2, 0.25) is 0 Å². The van der Waals surface area contributed by atoms with Gasteiger partial charge in [0.1, 0.15) is 17.3 Å². The number of aliphatic hydroxyl groups excluding tert-OH is 1. The molecule has 0 aliphatic carbocycles. The number of aliphatic hydroxyl groups is 1. The molecule has 4 heteroatoms. The molecule has 0 aliphatic rings. The van der Waals surface area contributed by atoms with Crippen LogP contribution in [0.4, 0.5) is 4.39 Å². The fraction of sp³-hybridized carbons (Fsp3) is 0.294. The fourth-order valence-corrected chi connectivity index (χ4v) is 2.10. The van der Waals surface area contributed by atoms with Crippen LogP contribution >= 0.6 is 0 Å². The highest BCUT2D eigenvalue weighted by Gasteiger charge is 2.11. The van der Waals surface area contributed by atoms with Gasteiger partial charge < -0.3 is 15.2 Å². The highest BCUT2D eigenvalue weighted by atomic mass is 19.1. The lowest BCUT2D eigenvalue weighted by Crippen LogP contribution is -2.13. The van der Waals surface area contributed by atoms with Gasteiger partial charge in [-0.1, -0.05) is 31.2 Å². The Balaban J connectivity index is 2.29. The van der Waals surface area contributed by atoms with Crippen LogP contribution in [0.25, 0.3) is 0 Å². The lowest BCUT2D eigenvalue weighted by atomic mass is 10.1. The Bertz CT molecular complexity index is 587. The summed E-state index contributed by atoms with van der Waals surface area (Å²) in [4.78, 5) is 0. The first-order valence-electron chi connectivity index (χ1n) is 7.11. The van der Waals surface area contributed by atoms with Gasteiger partial charge in [0.15, 0.2) is 0 Å². The third-order valence-electron chi connectivity index (χ3n) is 3.20. The Morgan fingerprint density at radius 2 is 1.86 bits per heavy atom. The van der Waals surface area contributed by atoms with E-state index in [0.717, 1.165) is 12.1 Å². The predicted molar refractivity (Wildman–Crippen MR) is 81.1 cm³/mol. The van der Waals surface area contributed by atoms with Crippen LogP contribution < -0.4 is 10.1 Å². The van der Waals surface area contributed by atoms with Gasteiger partial charge in [0.05, 0.1) is 0 Å². The lowest BCUT2D eigenvalue weighted by molar-refractivity contribution is 0.297. The first-order chi connectivity index (χ1) is 10.3. The normalized spacial score (nSPS) is 10.6. The summed E-state index contributed by atoms with van der Waals surface area (Å²) >= 11 is 0. The quantitative estimate of drug-likeness (QED) is 0.822. The standard InChI is InChI=1S/C17H20FNO2/c1-2-19-12-14-15(18)7-5-9-17(14)21-16-8-4-3-6-13(16)10-11-20/h3-9,19-20H,2,10-12H2,1H3. The molecule has 0 fully saturated rings. The highest BCUT2D eigenvalue weighted by Crippen LogP contribution is 2.29. The van der Waals surface area contributed by atoms with E-state index in [1.807, 2.05) is 31.2 Å². The number of para-hydroxylation sites is 1. The second-order valence-electron chi connectivity index (χ2n) is 4.68. The zero-order valence-corrected chi connectivity index (χ0v) is 12.1. The molecule has 3 nitrogen and oxygen atoms in total. The van der Waals surface area contributed by atoms with Crippen molar-refractivity contribution >= 4 is 0 Å². The van der Waals surface area contributed by atoms with Crippen molar-refractivity contribution in [1.82, 2.24) is 5.32 Å². The van der Waals surface area contributed by atoms with Crippen molar-refractivity contribution in [2.24, 2.45) is 0 Å². The van der Waals surface area contributed by atoms with Gasteiger partial charge in [-0.05, 0) is 36.7 Å². The van der Waals surface area contributed by atoms with Crippen molar-refractivity contribution in [1.29, 1.82) is 0 Å². The summed E-state index contributed by atoms with van der Waals surface area (Å²) in [5.74, 6) is 0.865. The molecule has 0 saturated carbocycles. The summed E-state index contributed by atoms with van der Waals surface area (Å²) in [7, 11) is 0. The maximum absolute atomic E-state index is 14.0. The van der Waals surface area contributed by atoms with Crippen molar-refractivity contribution in [3.63, 3.8) is 0 Å². The van der Waals surface area contributed by atoms with Crippen molar-refractivity contribution in [3.05, 3.63) is 59.4 Å². The molecule has 2 rings (SSSR count). The summed E-state index contributed by atoms with van der Waals surface area (Å²) in [6, 6.07) is 12.3. The second kappa shape index (κ2) is 7.76. The molecule has 2 aromatic rings. The number of nitrogens with one attached hydrogen (secondary N) is 1. The molecule has 0 radical (unpaired) electrons. The largest absolute Gasteiger partial charge is 0.457 e. The van der Waals surface area contributed by atoms with Crippen molar-refractivity contribution < 1.29 is 14.2 Å². The molecule has 21 heavy (non-hydrogen) atoms. The Morgan fingerprint density at radius 1 is 1.10 bits per heavy atom. The number of rotatable bonds is 7. The Kier molecular flexibility index (Phi) is 5.72. The van der Waals surface area contributed by atoms with E-state index in [0.29, 0.717) is 30.0 Å². The molecule has 112 valence electrons. The first kappa shape index (κ1) is 15.5. The molecule has 0 unspecified atom stereocenters. The SMILES string of the molecule is CCNCc1c(F)cccc1Oc1ccccc1CCO. The second-order valence-corrected chi connectivity index (χ2v) is 4.68. The zero-order valence-electron chi connectivity index (χ0n) is 12.1. The van der Waals surface area contributed by atoms with Crippen LogP contribution in [-0.4, -0.2) is 18.3 Å². The van der Waals surface area contributed by atoms with E-state index in [1.54, 1.807) is 12.1 Å². The van der Waals surface area contributed by atoms with E-state index in [2.05, 4.69) is 5.32 Å². The van der Waals surface area contributed by atoms with Crippen LogP contribution in [0.3, 0.4) is 0 Å².